The minimum absolute atomic E-state index is 0.0142. The first-order chi connectivity index (χ1) is 25.5. The molecule has 0 radical (unpaired) electrons. The van der Waals surface area contributed by atoms with Crippen LogP contribution >= 0.6 is 16.3 Å². The quantitative estimate of drug-likeness (QED) is 0.140. The highest BCUT2D eigenvalue weighted by molar-refractivity contribution is 7.39. The molecule has 0 N–H and O–H groups in total. The summed E-state index contributed by atoms with van der Waals surface area (Å²) in [5.74, 6) is 0. The summed E-state index contributed by atoms with van der Waals surface area (Å²) < 4.78 is 33.0. The Bertz CT molecular complexity index is 2120. The van der Waals surface area contributed by atoms with Crippen LogP contribution in [-0.2, 0) is 0 Å². The second-order valence-electron chi connectivity index (χ2n) is 13.2. The van der Waals surface area contributed by atoms with Crippen molar-refractivity contribution in [2.75, 3.05) is 9.34 Å². The lowest BCUT2D eigenvalue weighted by Crippen LogP contribution is -2.27. The van der Waals surface area contributed by atoms with Crippen molar-refractivity contribution in [3.8, 4) is 0 Å². The van der Waals surface area contributed by atoms with Gasteiger partial charge in [-0.2, -0.15) is 9.34 Å². The van der Waals surface area contributed by atoms with Gasteiger partial charge in [0, 0.05) is 24.2 Å². The van der Waals surface area contributed by atoms with Gasteiger partial charge in [0.05, 0.1) is 10.8 Å². The summed E-state index contributed by atoms with van der Waals surface area (Å²) in [6.07, 6.45) is 0. The molecular weight excluding hydrogens is 682 g/mol. The fraction of sp³-hybridized carbons (Fsp3) is 0.182. The fourth-order valence-electron chi connectivity index (χ4n) is 7.16. The van der Waals surface area contributed by atoms with E-state index in [2.05, 4.69) is 158 Å². The van der Waals surface area contributed by atoms with E-state index in [1.807, 2.05) is 36.4 Å². The van der Waals surface area contributed by atoms with E-state index in [9.17, 15) is 0 Å². The lowest BCUT2D eigenvalue weighted by Gasteiger charge is -2.32. The minimum Gasteiger partial charge on any atom is -0.408 e. The molecule has 0 aliphatic rings. The monoisotopic (exact) mass is 724 g/mol. The third-order valence-electron chi connectivity index (χ3n) is 10.0. The molecule has 8 heteroatoms. The summed E-state index contributed by atoms with van der Waals surface area (Å²) in [5, 5.41) is 1.70. The van der Waals surface area contributed by atoms with Crippen molar-refractivity contribution >= 4 is 49.4 Å². The second-order valence-corrected chi connectivity index (χ2v) is 15.8. The van der Waals surface area contributed by atoms with E-state index in [4.69, 9.17) is 16.8 Å². The van der Waals surface area contributed by atoms with Gasteiger partial charge >= 0.3 is 16.3 Å². The highest BCUT2D eigenvalue weighted by Crippen LogP contribution is 2.50. The van der Waals surface area contributed by atoms with Crippen LogP contribution in [0.15, 0.2) is 175 Å². The second kappa shape index (κ2) is 14.9. The summed E-state index contributed by atoms with van der Waals surface area (Å²) >= 11 is 0. The van der Waals surface area contributed by atoms with E-state index >= 15 is 0 Å². The Morgan fingerprint density at radius 2 is 0.558 bits per heavy atom. The first-order valence-corrected chi connectivity index (χ1v) is 20.1. The highest BCUT2D eigenvalue weighted by atomic mass is 31.1. The van der Waals surface area contributed by atoms with Crippen LogP contribution < -0.4 is 9.34 Å². The van der Waals surface area contributed by atoms with Gasteiger partial charge in [-0.3, -0.25) is 0 Å². The molecule has 52 heavy (non-hydrogen) atoms. The Hall–Kier alpha value is -4.96. The predicted molar refractivity (Wildman–Crippen MR) is 216 cm³/mol. The molecule has 2 aromatic heterocycles. The topological polar surface area (TPSA) is 59.0 Å². The molecule has 8 aromatic rings. The third-order valence-corrected chi connectivity index (χ3v) is 13.6. The van der Waals surface area contributed by atoms with Gasteiger partial charge in [0.1, 0.15) is 22.3 Å². The molecular formula is C44H42N2O4P2. The van der Waals surface area contributed by atoms with Gasteiger partial charge in [-0.1, -0.05) is 133 Å². The zero-order valence-corrected chi connectivity index (χ0v) is 31.5. The summed E-state index contributed by atoms with van der Waals surface area (Å²) in [4.78, 5) is 0. The van der Waals surface area contributed by atoms with E-state index in [1.165, 1.54) is 22.3 Å². The smallest absolute Gasteiger partial charge is 0.310 e. The van der Waals surface area contributed by atoms with Crippen LogP contribution in [0.25, 0.3) is 33.1 Å². The molecule has 0 aliphatic carbocycles. The average molecular weight is 725 g/mol. The number of rotatable bonds is 10. The van der Waals surface area contributed by atoms with Gasteiger partial charge in [0.15, 0.2) is 0 Å². The molecule has 6 nitrogen and oxygen atoms in total. The maximum absolute atomic E-state index is 7.07. The van der Waals surface area contributed by atoms with Gasteiger partial charge < -0.3 is 16.8 Å². The Morgan fingerprint density at radius 3 is 0.788 bits per heavy atom. The summed E-state index contributed by atoms with van der Waals surface area (Å²) in [5.41, 5.74) is 7.58. The van der Waals surface area contributed by atoms with E-state index in [0.717, 1.165) is 10.8 Å². The van der Waals surface area contributed by atoms with E-state index in [-0.39, 0.29) is 24.2 Å². The molecule has 0 bridgehead atoms. The van der Waals surface area contributed by atoms with Crippen LogP contribution in [0.4, 0.5) is 0 Å². The standard InChI is InChI=1S/C44H42N2O4P2/c1-31(35-19-9-5-10-20-35)45(32(2)36-21-11-6-12-22-36)51-47-39-27-17-29-41-43(39)44-40(48-51)28-18-30-42(44)50-52(49-41)46(33(3)37-23-13-7-14-24-37)34(4)38-25-15-8-16-26-38/h5-34H,1-4H3. The van der Waals surface area contributed by atoms with E-state index in [1.54, 1.807) is 0 Å². The molecule has 2 heterocycles. The first-order valence-electron chi connectivity index (χ1n) is 17.8. The molecule has 262 valence electrons. The minimum atomic E-state index is -1.65. The van der Waals surface area contributed by atoms with Gasteiger partial charge in [-0.05, 0) is 74.2 Å². The van der Waals surface area contributed by atoms with Crippen LogP contribution in [0.5, 0.6) is 0 Å². The lowest BCUT2D eigenvalue weighted by molar-refractivity contribution is 0.555. The maximum atomic E-state index is 7.07. The third kappa shape index (κ3) is 6.60. The Kier molecular flexibility index (Phi) is 9.82. The van der Waals surface area contributed by atoms with Crippen molar-refractivity contribution in [2.45, 2.75) is 51.9 Å². The normalized spacial score (nSPS) is 14.2. The Labute approximate surface area is 306 Å². The zero-order chi connectivity index (χ0) is 35.6. The Morgan fingerprint density at radius 1 is 0.327 bits per heavy atom. The predicted octanol–water partition coefficient (Wildman–Crippen LogP) is 14.1. The van der Waals surface area contributed by atoms with Crippen molar-refractivity contribution in [1.82, 2.24) is 0 Å². The number of hydrogen-bond donors (Lipinski definition) is 0. The molecule has 4 atom stereocenters. The molecule has 0 aliphatic heterocycles. The molecule has 0 saturated heterocycles. The van der Waals surface area contributed by atoms with Gasteiger partial charge in [-0.15, -0.1) is 0 Å². The van der Waals surface area contributed by atoms with Crippen molar-refractivity contribution in [3.63, 3.8) is 0 Å². The van der Waals surface area contributed by atoms with Crippen molar-refractivity contribution in [1.29, 1.82) is 0 Å². The van der Waals surface area contributed by atoms with Gasteiger partial charge in [-0.25, -0.2) is 0 Å². The SMILES string of the molecule is CC(c1ccccc1)N(C(C)c1ccccc1)p1oc2cccc3op(N(C(C)c4ccccc4)C(C)c4ccccc4)oc4cccc(o1)c4c23. The molecule has 0 fully saturated rings. The summed E-state index contributed by atoms with van der Waals surface area (Å²) in [6.45, 7) is 8.90. The van der Waals surface area contributed by atoms with Crippen LogP contribution in [0.2, 0.25) is 0 Å². The van der Waals surface area contributed by atoms with Crippen LogP contribution in [-0.4, -0.2) is 0 Å². The van der Waals surface area contributed by atoms with Gasteiger partial charge in [0.2, 0.25) is 0 Å². The maximum Gasteiger partial charge on any atom is 0.310 e. The number of benzene rings is 6. The molecule has 4 unspecified atom stereocenters. The first kappa shape index (κ1) is 34.1. The molecule has 0 spiro atoms. The van der Waals surface area contributed by atoms with Crippen LogP contribution in [0, 0.1) is 0 Å². The largest absolute Gasteiger partial charge is 0.408 e. The Balaban J connectivity index is 1.37. The average Bonchev–Trinajstić information content (AvgIpc) is 3.48. The molecule has 8 rings (SSSR count). The number of nitrogens with zero attached hydrogens (tertiary/aromatic N) is 2. The highest BCUT2D eigenvalue weighted by Gasteiger charge is 2.31. The lowest BCUT2D eigenvalue weighted by atomic mass is 10.0. The van der Waals surface area contributed by atoms with E-state index < -0.39 is 16.3 Å². The fourth-order valence-corrected chi connectivity index (χ4v) is 10.6. The van der Waals surface area contributed by atoms with Gasteiger partial charge in [0.25, 0.3) is 0 Å². The van der Waals surface area contributed by atoms with Crippen LogP contribution in [0.1, 0.15) is 74.1 Å². The summed E-state index contributed by atoms with van der Waals surface area (Å²) in [7, 11) is -3.31. The van der Waals surface area contributed by atoms with E-state index in [0.29, 0.717) is 22.3 Å². The summed E-state index contributed by atoms with van der Waals surface area (Å²) in [6, 6.07) is 54.3. The number of hydrogen-bond acceptors (Lipinski definition) is 6. The van der Waals surface area contributed by atoms with Crippen molar-refractivity contribution < 1.29 is 16.8 Å². The van der Waals surface area contributed by atoms with Crippen molar-refractivity contribution in [2.24, 2.45) is 0 Å². The molecule has 0 saturated carbocycles. The zero-order valence-electron chi connectivity index (χ0n) is 29.7. The van der Waals surface area contributed by atoms with Crippen molar-refractivity contribution in [3.05, 3.63) is 180 Å². The van der Waals surface area contributed by atoms with Crippen LogP contribution in [0.3, 0.4) is 0 Å². The molecule has 6 aromatic carbocycles. The molecule has 0 amide bonds.